The summed E-state index contributed by atoms with van der Waals surface area (Å²) >= 11 is 1.67. The number of hydrogen-bond acceptors (Lipinski definition) is 5. The minimum atomic E-state index is -0.0623. The summed E-state index contributed by atoms with van der Waals surface area (Å²) in [6, 6.07) is 0. The lowest BCUT2D eigenvalue weighted by atomic mass is 10.3. The smallest absolute Gasteiger partial charge is 0.185 e. The van der Waals surface area contributed by atoms with Crippen molar-refractivity contribution in [2.45, 2.75) is 19.4 Å². The molecule has 0 radical (unpaired) electrons. The molecule has 2 heterocycles. The molecule has 0 aliphatic carbocycles. The van der Waals surface area contributed by atoms with Crippen molar-refractivity contribution in [2.75, 3.05) is 31.2 Å². The van der Waals surface area contributed by atoms with Crippen molar-refractivity contribution in [3.8, 4) is 0 Å². The Bertz CT molecular complexity index is 316. The molecule has 1 aromatic rings. The Morgan fingerprint density at radius 2 is 2.60 bits per heavy atom. The van der Waals surface area contributed by atoms with Gasteiger partial charge in [-0.2, -0.15) is 0 Å². The Balaban J connectivity index is 2.03. The molecular formula is C10H16N2O2S. The second-order valence-corrected chi connectivity index (χ2v) is 4.43. The van der Waals surface area contributed by atoms with E-state index < -0.39 is 0 Å². The number of thiazole rings is 1. The zero-order valence-corrected chi connectivity index (χ0v) is 9.66. The lowest BCUT2D eigenvalue weighted by Gasteiger charge is -2.31. The van der Waals surface area contributed by atoms with Gasteiger partial charge < -0.3 is 14.7 Å². The summed E-state index contributed by atoms with van der Waals surface area (Å²) in [5.41, 5.74) is 1.14. The molecule has 1 N–H and O–H groups in total. The number of aliphatic hydroxyl groups excluding tert-OH is 1. The average Bonchev–Trinajstić information content (AvgIpc) is 2.78. The van der Waals surface area contributed by atoms with Crippen LogP contribution in [0.25, 0.3) is 0 Å². The lowest BCUT2D eigenvalue weighted by molar-refractivity contribution is 0.00355. The van der Waals surface area contributed by atoms with E-state index in [1.54, 1.807) is 11.3 Å². The van der Waals surface area contributed by atoms with Crippen LogP contribution in [0.4, 0.5) is 5.13 Å². The van der Waals surface area contributed by atoms with Crippen molar-refractivity contribution in [2.24, 2.45) is 0 Å². The van der Waals surface area contributed by atoms with Gasteiger partial charge in [0.15, 0.2) is 5.13 Å². The van der Waals surface area contributed by atoms with Crippen molar-refractivity contribution < 1.29 is 9.84 Å². The number of aromatic nitrogens is 1. The number of hydrogen-bond donors (Lipinski definition) is 1. The van der Waals surface area contributed by atoms with Crippen molar-refractivity contribution in [3.05, 3.63) is 11.1 Å². The molecule has 1 saturated heterocycles. The molecule has 2 rings (SSSR count). The normalized spacial score (nSPS) is 22.0. The van der Waals surface area contributed by atoms with Gasteiger partial charge in [0, 0.05) is 18.5 Å². The third-order valence-corrected chi connectivity index (χ3v) is 3.47. The van der Waals surface area contributed by atoms with Crippen LogP contribution in [0.15, 0.2) is 5.38 Å². The molecule has 0 spiro atoms. The highest BCUT2D eigenvalue weighted by Gasteiger charge is 2.21. The lowest BCUT2D eigenvalue weighted by Crippen LogP contribution is -2.44. The van der Waals surface area contributed by atoms with Crippen LogP contribution in [0.2, 0.25) is 0 Å². The third kappa shape index (κ3) is 2.48. The predicted octanol–water partition coefficient (Wildman–Crippen LogP) is 0.903. The molecule has 1 unspecified atom stereocenters. The van der Waals surface area contributed by atoms with Crippen LogP contribution in [0, 0.1) is 0 Å². The van der Waals surface area contributed by atoms with E-state index in [4.69, 9.17) is 9.84 Å². The summed E-state index contributed by atoms with van der Waals surface area (Å²) in [5, 5.41) is 12.2. The molecule has 15 heavy (non-hydrogen) atoms. The van der Waals surface area contributed by atoms with Gasteiger partial charge in [0.25, 0.3) is 0 Å². The van der Waals surface area contributed by atoms with Crippen molar-refractivity contribution in [3.63, 3.8) is 0 Å². The number of aryl methyl sites for hydroxylation is 1. The molecule has 1 aliphatic rings. The maximum Gasteiger partial charge on any atom is 0.185 e. The quantitative estimate of drug-likeness (QED) is 0.835. The molecule has 0 amide bonds. The number of ether oxygens (including phenoxy) is 1. The molecule has 5 heteroatoms. The molecule has 0 aromatic carbocycles. The summed E-state index contributed by atoms with van der Waals surface area (Å²) < 4.78 is 5.40. The number of morpholine rings is 1. The highest BCUT2D eigenvalue weighted by Crippen LogP contribution is 2.22. The van der Waals surface area contributed by atoms with E-state index in [9.17, 15) is 0 Å². The highest BCUT2D eigenvalue weighted by molar-refractivity contribution is 7.13. The Kier molecular flexibility index (Phi) is 3.56. The SMILES string of the molecule is CCc1csc(N2CCOC(CO)C2)n1. The third-order valence-electron chi connectivity index (χ3n) is 2.51. The zero-order valence-electron chi connectivity index (χ0n) is 8.85. The molecule has 1 aromatic heterocycles. The fraction of sp³-hybridized carbons (Fsp3) is 0.700. The molecular weight excluding hydrogens is 212 g/mol. The Morgan fingerprint density at radius 3 is 3.27 bits per heavy atom. The first-order valence-corrected chi connectivity index (χ1v) is 6.13. The van der Waals surface area contributed by atoms with Crippen LogP contribution in [-0.4, -0.2) is 42.5 Å². The molecule has 0 saturated carbocycles. The van der Waals surface area contributed by atoms with Gasteiger partial charge in [-0.3, -0.25) is 0 Å². The van der Waals surface area contributed by atoms with E-state index in [0.29, 0.717) is 6.61 Å². The van der Waals surface area contributed by atoms with E-state index in [1.807, 2.05) is 0 Å². The van der Waals surface area contributed by atoms with Crippen molar-refractivity contribution >= 4 is 16.5 Å². The second kappa shape index (κ2) is 4.92. The van der Waals surface area contributed by atoms with E-state index in [-0.39, 0.29) is 12.7 Å². The van der Waals surface area contributed by atoms with Crippen LogP contribution in [0.5, 0.6) is 0 Å². The zero-order chi connectivity index (χ0) is 10.7. The predicted molar refractivity (Wildman–Crippen MR) is 60.5 cm³/mol. The minimum Gasteiger partial charge on any atom is -0.394 e. The topological polar surface area (TPSA) is 45.6 Å². The van der Waals surface area contributed by atoms with E-state index in [1.165, 1.54) is 0 Å². The van der Waals surface area contributed by atoms with Gasteiger partial charge in [0.05, 0.1) is 25.0 Å². The summed E-state index contributed by atoms with van der Waals surface area (Å²) in [6.45, 7) is 4.48. The van der Waals surface area contributed by atoms with Gasteiger partial charge in [-0.25, -0.2) is 4.98 Å². The fourth-order valence-electron chi connectivity index (χ4n) is 1.61. The van der Waals surface area contributed by atoms with Crippen molar-refractivity contribution in [1.82, 2.24) is 4.98 Å². The Hall–Kier alpha value is -0.650. The molecule has 0 bridgehead atoms. The van der Waals surface area contributed by atoms with Gasteiger partial charge in [-0.15, -0.1) is 11.3 Å². The summed E-state index contributed by atoms with van der Waals surface area (Å²) in [7, 11) is 0. The van der Waals surface area contributed by atoms with Crippen LogP contribution in [-0.2, 0) is 11.2 Å². The molecule has 1 atom stereocenters. The van der Waals surface area contributed by atoms with Gasteiger partial charge in [-0.05, 0) is 6.42 Å². The number of nitrogens with zero attached hydrogens (tertiary/aromatic N) is 2. The molecule has 1 fully saturated rings. The van der Waals surface area contributed by atoms with E-state index >= 15 is 0 Å². The average molecular weight is 228 g/mol. The molecule has 84 valence electrons. The van der Waals surface area contributed by atoms with Crippen LogP contribution in [0.1, 0.15) is 12.6 Å². The number of aliphatic hydroxyl groups is 1. The molecule has 1 aliphatic heterocycles. The highest BCUT2D eigenvalue weighted by atomic mass is 32.1. The van der Waals surface area contributed by atoms with E-state index in [0.717, 1.165) is 30.3 Å². The Morgan fingerprint density at radius 1 is 1.73 bits per heavy atom. The first kappa shape index (κ1) is 10.9. The fourth-order valence-corrected chi connectivity index (χ4v) is 2.55. The first-order chi connectivity index (χ1) is 7.33. The largest absolute Gasteiger partial charge is 0.394 e. The van der Waals surface area contributed by atoms with Gasteiger partial charge in [0.2, 0.25) is 0 Å². The maximum atomic E-state index is 9.04. The maximum absolute atomic E-state index is 9.04. The van der Waals surface area contributed by atoms with Crippen LogP contribution in [0.3, 0.4) is 0 Å². The Labute approximate surface area is 93.5 Å². The van der Waals surface area contributed by atoms with Crippen LogP contribution >= 0.6 is 11.3 Å². The molecule has 4 nitrogen and oxygen atoms in total. The first-order valence-electron chi connectivity index (χ1n) is 5.25. The standard InChI is InChI=1S/C10H16N2O2S/c1-2-8-7-15-10(11-8)12-3-4-14-9(5-12)6-13/h7,9,13H,2-6H2,1H3. The second-order valence-electron chi connectivity index (χ2n) is 3.60. The number of anilines is 1. The van der Waals surface area contributed by atoms with Crippen LogP contribution < -0.4 is 4.90 Å². The van der Waals surface area contributed by atoms with Gasteiger partial charge >= 0.3 is 0 Å². The number of rotatable bonds is 3. The monoisotopic (exact) mass is 228 g/mol. The van der Waals surface area contributed by atoms with Crippen molar-refractivity contribution in [1.29, 1.82) is 0 Å². The van der Waals surface area contributed by atoms with Gasteiger partial charge in [-0.1, -0.05) is 6.92 Å². The van der Waals surface area contributed by atoms with Gasteiger partial charge in [0.1, 0.15) is 0 Å². The minimum absolute atomic E-state index is 0.0623. The summed E-state index contributed by atoms with van der Waals surface area (Å²) in [4.78, 5) is 6.72. The van der Waals surface area contributed by atoms with E-state index in [2.05, 4.69) is 22.2 Å². The summed E-state index contributed by atoms with van der Waals surface area (Å²) in [6.07, 6.45) is 0.914. The summed E-state index contributed by atoms with van der Waals surface area (Å²) in [5.74, 6) is 0.